The van der Waals surface area contributed by atoms with E-state index in [-0.39, 0.29) is 0 Å². The van der Waals surface area contributed by atoms with E-state index in [1.807, 2.05) is 4.98 Å². The SMILES string of the molecule is CC#CC1(Cl)[C@@H](O)[C@@H]([C@H](C)OP(=O)(O)OP(=O)(O)OP(=O)(O)O)O[C@H]1n1ncc(=O)[nH]c1=O. The van der Waals surface area contributed by atoms with E-state index in [0.717, 1.165) is 6.92 Å². The second kappa shape index (κ2) is 9.80. The number of nitrogens with zero attached hydrogens (tertiary/aromatic N) is 2. The van der Waals surface area contributed by atoms with Crippen LogP contribution >= 0.6 is 35.1 Å². The van der Waals surface area contributed by atoms with Gasteiger partial charge in [-0.25, -0.2) is 18.5 Å². The number of halogens is 1. The van der Waals surface area contributed by atoms with E-state index >= 15 is 0 Å². The average Bonchev–Trinajstić information content (AvgIpc) is 2.83. The van der Waals surface area contributed by atoms with Crippen molar-refractivity contribution in [2.45, 2.75) is 43.3 Å². The summed E-state index contributed by atoms with van der Waals surface area (Å²) >= 11 is 6.37. The van der Waals surface area contributed by atoms with Gasteiger partial charge in [-0.05, 0) is 13.8 Å². The van der Waals surface area contributed by atoms with Crippen molar-refractivity contribution >= 4 is 35.1 Å². The Morgan fingerprint density at radius 2 is 1.85 bits per heavy atom. The zero-order valence-electron chi connectivity index (χ0n) is 16.4. The van der Waals surface area contributed by atoms with Gasteiger partial charge in [0.25, 0.3) is 5.56 Å². The fourth-order valence-corrected chi connectivity index (χ4v) is 6.30. The number of aromatic amines is 1. The molecule has 1 aliphatic rings. The quantitative estimate of drug-likeness (QED) is 0.127. The number of aliphatic hydroxyl groups is 1. The number of nitrogens with one attached hydrogen (secondary N) is 1. The number of phosphoric acid groups is 3. The van der Waals surface area contributed by atoms with Crippen LogP contribution in [0, 0.1) is 11.8 Å². The highest BCUT2D eigenvalue weighted by Gasteiger charge is 2.59. The zero-order valence-corrected chi connectivity index (χ0v) is 19.9. The van der Waals surface area contributed by atoms with Crippen LogP contribution in [0.25, 0.3) is 0 Å². The predicted molar refractivity (Wildman–Crippen MR) is 105 cm³/mol. The van der Waals surface area contributed by atoms with Crippen LogP contribution in [0.3, 0.4) is 0 Å². The Balaban J connectivity index is 2.32. The number of phosphoric ester groups is 1. The Hall–Kier alpha value is -1.21. The largest absolute Gasteiger partial charge is 0.490 e. The molecule has 33 heavy (non-hydrogen) atoms. The van der Waals surface area contributed by atoms with Gasteiger partial charge in [-0.1, -0.05) is 17.5 Å². The molecule has 6 N–H and O–H groups in total. The lowest BCUT2D eigenvalue weighted by molar-refractivity contribution is -0.0786. The summed E-state index contributed by atoms with van der Waals surface area (Å²) < 4.78 is 52.1. The number of aromatic nitrogens is 3. The van der Waals surface area contributed by atoms with Crippen LogP contribution in [-0.2, 0) is 31.6 Å². The van der Waals surface area contributed by atoms with Gasteiger partial charge in [0.15, 0.2) is 11.1 Å². The summed E-state index contributed by atoms with van der Waals surface area (Å²) in [4.78, 5) is 59.2. The molecule has 17 nitrogen and oxygen atoms in total. The molecule has 1 aliphatic heterocycles. The second-order valence-corrected chi connectivity index (χ2v) is 11.3. The Bertz CT molecular complexity index is 1220. The fourth-order valence-electron chi connectivity index (χ4n) is 2.74. The van der Waals surface area contributed by atoms with Crippen LogP contribution in [0.1, 0.15) is 20.1 Å². The van der Waals surface area contributed by atoms with E-state index in [2.05, 4.69) is 30.1 Å². The molecule has 2 rings (SSSR count). The van der Waals surface area contributed by atoms with Gasteiger partial charge in [-0.15, -0.1) is 5.92 Å². The maximum Gasteiger partial charge on any atom is 0.490 e. The molecule has 0 aliphatic carbocycles. The monoisotopic (exact) mass is 555 g/mol. The van der Waals surface area contributed by atoms with Gasteiger partial charge in [-0.2, -0.15) is 18.4 Å². The average molecular weight is 556 g/mol. The molecule has 3 unspecified atom stereocenters. The number of hydrogen-bond donors (Lipinski definition) is 6. The lowest BCUT2D eigenvalue weighted by atomic mass is 9.97. The van der Waals surface area contributed by atoms with Crippen molar-refractivity contribution in [1.82, 2.24) is 14.8 Å². The minimum absolute atomic E-state index is 0.541. The molecular formula is C12H17ClN3O14P3. The first kappa shape index (κ1) is 28.0. The molecule has 0 spiro atoms. The molecule has 21 heteroatoms. The molecule has 186 valence electrons. The minimum atomic E-state index is -5.79. The maximum atomic E-state index is 12.1. The molecule has 0 aromatic carbocycles. The van der Waals surface area contributed by atoms with Crippen molar-refractivity contribution in [2.75, 3.05) is 0 Å². The van der Waals surface area contributed by atoms with Crippen molar-refractivity contribution < 1.29 is 56.3 Å². The molecule has 1 fully saturated rings. The van der Waals surface area contributed by atoms with Crippen LogP contribution in [0.4, 0.5) is 0 Å². The lowest BCUT2D eigenvalue weighted by Gasteiger charge is -2.26. The predicted octanol–water partition coefficient (Wildman–Crippen LogP) is -1.08. The van der Waals surface area contributed by atoms with Crippen LogP contribution in [0.5, 0.6) is 0 Å². The first-order chi connectivity index (χ1) is 14.9. The zero-order chi connectivity index (χ0) is 25.4. The van der Waals surface area contributed by atoms with E-state index in [1.165, 1.54) is 6.92 Å². The van der Waals surface area contributed by atoms with Crippen LogP contribution in [0.15, 0.2) is 15.8 Å². The molecule has 0 amide bonds. The summed E-state index contributed by atoms with van der Waals surface area (Å²) in [5, 5.41) is 14.2. The van der Waals surface area contributed by atoms with Crippen molar-refractivity contribution in [3.63, 3.8) is 0 Å². The smallest absolute Gasteiger partial charge is 0.387 e. The van der Waals surface area contributed by atoms with Crippen molar-refractivity contribution in [1.29, 1.82) is 0 Å². The Kier molecular flexibility index (Phi) is 8.33. The van der Waals surface area contributed by atoms with Gasteiger partial charge >= 0.3 is 29.2 Å². The highest BCUT2D eigenvalue weighted by atomic mass is 35.5. The summed E-state index contributed by atoms with van der Waals surface area (Å²) in [5.41, 5.74) is -1.95. The topological polar surface area (TPSA) is 257 Å². The summed E-state index contributed by atoms with van der Waals surface area (Å²) in [6.45, 7) is 2.36. The Morgan fingerprint density at radius 3 is 2.36 bits per heavy atom. The van der Waals surface area contributed by atoms with Crippen molar-refractivity contribution in [3.05, 3.63) is 27.0 Å². The molecule has 0 bridgehead atoms. The molecule has 1 aromatic heterocycles. The summed E-state index contributed by atoms with van der Waals surface area (Å²) in [5.74, 6) is 4.82. The standard InChI is InChI=1S/C12H17ClN3O14P3/c1-3-4-12(13)9(18)8(27-10(12)16-11(19)15-7(17)5-14-16)6(2)28-32(23,24)30-33(25,26)29-31(20,21)22/h5-6,8-10,18H,1-2H3,(H,23,24)(H,25,26)(H,15,17,19)(H2,20,21,22)/t6-,8+,9-,10+,12?/m0/s1. The molecular weight excluding hydrogens is 539 g/mol. The summed E-state index contributed by atoms with van der Waals surface area (Å²) in [6.07, 6.45) is -6.15. The number of hydrogen-bond acceptors (Lipinski definition) is 11. The molecule has 0 radical (unpaired) electrons. The number of H-pyrrole nitrogens is 1. The Labute approximate surface area is 188 Å². The van der Waals surface area contributed by atoms with E-state index in [4.69, 9.17) is 26.1 Å². The van der Waals surface area contributed by atoms with Crippen molar-refractivity contribution in [3.8, 4) is 11.8 Å². The minimum Gasteiger partial charge on any atom is -0.387 e. The van der Waals surface area contributed by atoms with E-state index in [9.17, 15) is 38.2 Å². The maximum absolute atomic E-state index is 12.1. The van der Waals surface area contributed by atoms with E-state index in [1.54, 1.807) is 0 Å². The van der Waals surface area contributed by atoms with Gasteiger partial charge < -0.3 is 29.4 Å². The molecule has 7 atom stereocenters. The molecule has 1 aromatic rings. The fraction of sp³-hybridized carbons (Fsp3) is 0.583. The summed E-state index contributed by atoms with van der Waals surface area (Å²) in [7, 11) is -17.0. The van der Waals surface area contributed by atoms with Gasteiger partial charge in [0.1, 0.15) is 18.4 Å². The first-order valence-corrected chi connectivity index (χ1v) is 13.3. The lowest BCUT2D eigenvalue weighted by Crippen LogP contribution is -2.46. The molecule has 2 heterocycles. The highest BCUT2D eigenvalue weighted by Crippen LogP contribution is 2.66. The third-order valence-corrected chi connectivity index (χ3v) is 8.27. The third kappa shape index (κ3) is 6.91. The van der Waals surface area contributed by atoms with Gasteiger partial charge in [0, 0.05) is 0 Å². The van der Waals surface area contributed by atoms with E-state index in [0.29, 0.717) is 10.9 Å². The number of alkyl halides is 1. The van der Waals surface area contributed by atoms with Crippen LogP contribution in [0.2, 0.25) is 0 Å². The highest BCUT2D eigenvalue weighted by molar-refractivity contribution is 7.66. The first-order valence-electron chi connectivity index (χ1n) is 8.37. The van der Waals surface area contributed by atoms with Crippen molar-refractivity contribution in [2.24, 2.45) is 0 Å². The Morgan fingerprint density at radius 1 is 1.24 bits per heavy atom. The molecule has 1 saturated heterocycles. The molecule has 0 saturated carbocycles. The van der Waals surface area contributed by atoms with Gasteiger partial charge in [-0.3, -0.25) is 14.3 Å². The second-order valence-electron chi connectivity index (χ2n) is 6.33. The van der Waals surface area contributed by atoms with Crippen LogP contribution < -0.4 is 11.2 Å². The summed E-state index contributed by atoms with van der Waals surface area (Å²) in [6, 6.07) is 0. The van der Waals surface area contributed by atoms with Crippen LogP contribution in [-0.4, -0.2) is 62.6 Å². The van der Waals surface area contributed by atoms with E-state index < -0.39 is 64.1 Å². The normalized spacial score (nSPS) is 30.0. The van der Waals surface area contributed by atoms with Gasteiger partial charge in [0.05, 0.1) is 6.10 Å². The van der Waals surface area contributed by atoms with Gasteiger partial charge in [0.2, 0.25) is 0 Å². The number of rotatable bonds is 8. The third-order valence-electron chi connectivity index (χ3n) is 3.84. The number of aliphatic hydroxyl groups excluding tert-OH is 1. The number of ether oxygens (including phenoxy) is 1.